The molecule has 1 heterocycles. The van der Waals surface area contributed by atoms with Crippen molar-refractivity contribution in [2.75, 3.05) is 13.6 Å². The molecule has 13 heavy (non-hydrogen) atoms. The van der Waals surface area contributed by atoms with Crippen LogP contribution in [0.1, 0.15) is 18.5 Å². The average Bonchev–Trinajstić information content (AvgIpc) is 2.70. The Morgan fingerprint density at radius 1 is 1.62 bits per heavy atom. The van der Waals surface area contributed by atoms with Crippen LogP contribution in [-0.2, 0) is 13.5 Å². The maximum absolute atomic E-state index is 4.41. The van der Waals surface area contributed by atoms with E-state index in [0.717, 1.165) is 13.0 Å². The summed E-state index contributed by atoms with van der Waals surface area (Å²) in [5, 5.41) is 7.67. The molecule has 0 atom stereocenters. The van der Waals surface area contributed by atoms with E-state index in [4.69, 9.17) is 0 Å². The molecule has 0 bridgehead atoms. The van der Waals surface area contributed by atoms with E-state index in [0.29, 0.717) is 5.41 Å². The second kappa shape index (κ2) is 3.14. The van der Waals surface area contributed by atoms with Crippen LogP contribution in [0.2, 0.25) is 0 Å². The third-order valence-electron chi connectivity index (χ3n) is 2.83. The van der Waals surface area contributed by atoms with E-state index in [2.05, 4.69) is 16.5 Å². The van der Waals surface area contributed by atoms with Gasteiger partial charge in [0.25, 0.3) is 0 Å². The van der Waals surface area contributed by atoms with Crippen LogP contribution >= 0.6 is 0 Å². The van der Waals surface area contributed by atoms with Gasteiger partial charge in [-0.3, -0.25) is 4.68 Å². The summed E-state index contributed by atoms with van der Waals surface area (Å²) in [5.41, 5.74) is 1.76. The van der Waals surface area contributed by atoms with Gasteiger partial charge in [0.2, 0.25) is 0 Å². The van der Waals surface area contributed by atoms with Gasteiger partial charge in [-0.2, -0.15) is 5.10 Å². The van der Waals surface area contributed by atoms with Gasteiger partial charge in [0.15, 0.2) is 0 Å². The summed E-state index contributed by atoms with van der Waals surface area (Å²) in [5.74, 6) is 0. The highest BCUT2D eigenvalue weighted by molar-refractivity contribution is 5.08. The smallest absolute Gasteiger partial charge is 0.0630 e. The molecule has 1 N–H and O–H groups in total. The van der Waals surface area contributed by atoms with Crippen molar-refractivity contribution in [3.8, 4) is 0 Å². The number of aromatic nitrogens is 2. The van der Waals surface area contributed by atoms with Crippen molar-refractivity contribution in [1.29, 1.82) is 0 Å². The molecule has 1 aliphatic rings. The lowest BCUT2D eigenvalue weighted by Crippen LogP contribution is -2.22. The van der Waals surface area contributed by atoms with Gasteiger partial charge in [-0.05, 0) is 37.8 Å². The zero-order valence-electron chi connectivity index (χ0n) is 8.38. The largest absolute Gasteiger partial charge is 0.319 e. The molecule has 1 aliphatic carbocycles. The Labute approximate surface area is 79.1 Å². The first-order valence-corrected chi connectivity index (χ1v) is 4.87. The minimum Gasteiger partial charge on any atom is -0.319 e. The Morgan fingerprint density at radius 3 is 2.85 bits per heavy atom. The van der Waals surface area contributed by atoms with E-state index >= 15 is 0 Å². The van der Waals surface area contributed by atoms with Crippen LogP contribution in [0.3, 0.4) is 0 Å². The Morgan fingerprint density at radius 2 is 2.38 bits per heavy atom. The zero-order valence-corrected chi connectivity index (χ0v) is 8.38. The number of hydrogen-bond donors (Lipinski definition) is 1. The standard InChI is InChI=1S/C10H17N3/c1-11-8-10(4-5-10)7-9-3-6-13(2)12-9/h3,6,11H,4-5,7-8H2,1-2H3. The maximum atomic E-state index is 4.41. The Bertz CT molecular complexity index is 286. The summed E-state index contributed by atoms with van der Waals surface area (Å²) in [4.78, 5) is 0. The fourth-order valence-corrected chi connectivity index (χ4v) is 1.91. The lowest BCUT2D eigenvalue weighted by Gasteiger charge is -2.11. The molecule has 0 aromatic carbocycles. The SMILES string of the molecule is CNCC1(Cc2ccn(C)n2)CC1. The summed E-state index contributed by atoms with van der Waals surface area (Å²) in [6.45, 7) is 1.13. The normalized spacial score (nSPS) is 18.9. The molecular weight excluding hydrogens is 162 g/mol. The molecule has 1 aromatic heterocycles. The molecule has 0 aliphatic heterocycles. The average molecular weight is 179 g/mol. The second-order valence-corrected chi connectivity index (χ2v) is 4.19. The van der Waals surface area contributed by atoms with Crippen molar-refractivity contribution in [3.05, 3.63) is 18.0 Å². The summed E-state index contributed by atoms with van der Waals surface area (Å²) >= 11 is 0. The van der Waals surface area contributed by atoms with Gasteiger partial charge in [0.05, 0.1) is 5.69 Å². The molecule has 2 rings (SSSR count). The highest BCUT2D eigenvalue weighted by Gasteiger charge is 2.42. The maximum Gasteiger partial charge on any atom is 0.0630 e. The van der Waals surface area contributed by atoms with Gasteiger partial charge < -0.3 is 5.32 Å². The molecule has 0 radical (unpaired) electrons. The molecule has 3 heteroatoms. The third kappa shape index (κ3) is 1.91. The molecule has 1 fully saturated rings. The Balaban J connectivity index is 1.98. The first-order chi connectivity index (χ1) is 6.24. The number of nitrogens with zero attached hydrogens (tertiary/aromatic N) is 2. The number of rotatable bonds is 4. The van der Waals surface area contributed by atoms with Crippen LogP contribution in [0.4, 0.5) is 0 Å². The Hall–Kier alpha value is -0.830. The van der Waals surface area contributed by atoms with Crippen molar-refractivity contribution >= 4 is 0 Å². The van der Waals surface area contributed by atoms with E-state index in [1.165, 1.54) is 18.5 Å². The van der Waals surface area contributed by atoms with Crippen LogP contribution in [0.5, 0.6) is 0 Å². The monoisotopic (exact) mass is 179 g/mol. The van der Waals surface area contributed by atoms with Gasteiger partial charge in [0, 0.05) is 19.8 Å². The number of hydrogen-bond acceptors (Lipinski definition) is 2. The topological polar surface area (TPSA) is 29.9 Å². The van der Waals surface area contributed by atoms with E-state index in [1.54, 1.807) is 0 Å². The van der Waals surface area contributed by atoms with Gasteiger partial charge in [-0.25, -0.2) is 0 Å². The molecule has 0 unspecified atom stereocenters. The lowest BCUT2D eigenvalue weighted by molar-refractivity contribution is 0.470. The van der Waals surface area contributed by atoms with Crippen molar-refractivity contribution in [1.82, 2.24) is 15.1 Å². The van der Waals surface area contributed by atoms with Crippen molar-refractivity contribution in [3.63, 3.8) is 0 Å². The van der Waals surface area contributed by atoms with E-state index in [1.807, 2.05) is 25.0 Å². The highest BCUT2D eigenvalue weighted by Crippen LogP contribution is 2.47. The number of aryl methyl sites for hydroxylation is 1. The minimum absolute atomic E-state index is 0.531. The molecule has 1 aromatic rings. The molecule has 0 amide bonds. The summed E-state index contributed by atoms with van der Waals surface area (Å²) in [6.07, 6.45) is 5.86. The van der Waals surface area contributed by atoms with Crippen LogP contribution < -0.4 is 5.32 Å². The van der Waals surface area contributed by atoms with Crippen LogP contribution in [-0.4, -0.2) is 23.4 Å². The lowest BCUT2D eigenvalue weighted by atomic mass is 10.0. The predicted molar refractivity (Wildman–Crippen MR) is 52.5 cm³/mol. The summed E-state index contributed by atoms with van der Waals surface area (Å²) in [7, 11) is 4.00. The molecule has 72 valence electrons. The van der Waals surface area contributed by atoms with Gasteiger partial charge in [-0.1, -0.05) is 0 Å². The number of nitrogens with one attached hydrogen (secondary N) is 1. The molecule has 3 nitrogen and oxygen atoms in total. The van der Waals surface area contributed by atoms with Crippen molar-refractivity contribution < 1.29 is 0 Å². The molecule has 0 saturated heterocycles. The van der Waals surface area contributed by atoms with Crippen molar-refractivity contribution in [2.45, 2.75) is 19.3 Å². The Kier molecular flexibility index (Phi) is 2.12. The van der Waals surface area contributed by atoms with Gasteiger partial charge in [-0.15, -0.1) is 0 Å². The summed E-state index contributed by atoms with van der Waals surface area (Å²) < 4.78 is 1.88. The molecule has 0 spiro atoms. The van der Waals surface area contributed by atoms with Crippen molar-refractivity contribution in [2.24, 2.45) is 12.5 Å². The predicted octanol–water partition coefficient (Wildman–Crippen LogP) is 0.962. The molecule has 1 saturated carbocycles. The van der Waals surface area contributed by atoms with Crippen LogP contribution in [0.15, 0.2) is 12.3 Å². The fraction of sp³-hybridized carbons (Fsp3) is 0.700. The minimum atomic E-state index is 0.531. The quantitative estimate of drug-likeness (QED) is 0.746. The van der Waals surface area contributed by atoms with Gasteiger partial charge in [0.1, 0.15) is 0 Å². The zero-order chi connectivity index (χ0) is 9.31. The first kappa shape index (κ1) is 8.75. The van der Waals surface area contributed by atoms with E-state index < -0.39 is 0 Å². The summed E-state index contributed by atoms with van der Waals surface area (Å²) in [6, 6.07) is 2.12. The second-order valence-electron chi connectivity index (χ2n) is 4.19. The van der Waals surface area contributed by atoms with Crippen LogP contribution in [0, 0.1) is 5.41 Å². The van der Waals surface area contributed by atoms with E-state index in [9.17, 15) is 0 Å². The van der Waals surface area contributed by atoms with Crippen LogP contribution in [0.25, 0.3) is 0 Å². The molecular formula is C10H17N3. The first-order valence-electron chi connectivity index (χ1n) is 4.87. The van der Waals surface area contributed by atoms with Gasteiger partial charge >= 0.3 is 0 Å². The highest BCUT2D eigenvalue weighted by atomic mass is 15.2. The fourth-order valence-electron chi connectivity index (χ4n) is 1.91. The third-order valence-corrected chi connectivity index (χ3v) is 2.83. The van der Waals surface area contributed by atoms with E-state index in [-0.39, 0.29) is 0 Å².